The molecule has 1 N–H and O–H groups in total. The molecule has 1 saturated heterocycles. The molecule has 0 aliphatic carbocycles. The van der Waals surface area contributed by atoms with Crippen LogP contribution >= 0.6 is 22.9 Å². The molecule has 1 aromatic heterocycles. The molecule has 2 heterocycles. The predicted octanol–water partition coefficient (Wildman–Crippen LogP) is 4.27. The van der Waals surface area contributed by atoms with Crippen molar-refractivity contribution in [3.05, 3.63) is 69.7 Å². The minimum absolute atomic E-state index is 0.0363. The van der Waals surface area contributed by atoms with Crippen molar-refractivity contribution in [1.29, 1.82) is 0 Å². The number of nitrogens with one attached hydrogen (secondary N) is 1. The van der Waals surface area contributed by atoms with Crippen LogP contribution in [0.3, 0.4) is 0 Å². The number of nitrogens with zero attached hydrogens (tertiary/aromatic N) is 3. The maximum absolute atomic E-state index is 12.5. The van der Waals surface area contributed by atoms with Crippen LogP contribution in [0.2, 0.25) is 5.02 Å². The summed E-state index contributed by atoms with van der Waals surface area (Å²) in [6.45, 7) is 2.55. The molecule has 1 fully saturated rings. The fraction of sp³-hybridized carbons (Fsp3) is 0.200. The number of para-hydroxylation sites is 1. The summed E-state index contributed by atoms with van der Waals surface area (Å²) in [5.74, 6) is -0.240. The van der Waals surface area contributed by atoms with Crippen LogP contribution in [0.15, 0.2) is 48.5 Å². The molecule has 0 saturated carbocycles. The van der Waals surface area contributed by atoms with Crippen molar-refractivity contribution in [2.24, 2.45) is 0 Å². The summed E-state index contributed by atoms with van der Waals surface area (Å²) in [7, 11) is 0. The molecule has 0 unspecified atom stereocenters. The molecule has 0 spiro atoms. The second-order valence-corrected chi connectivity index (χ2v) is 8.04. The van der Waals surface area contributed by atoms with Crippen LogP contribution in [-0.4, -0.2) is 28.6 Å². The highest BCUT2D eigenvalue weighted by Gasteiger charge is 2.34. The van der Waals surface area contributed by atoms with Gasteiger partial charge in [0, 0.05) is 35.2 Å². The standard InChI is InChI=1S/C20H17ClN4O2S/c1-12-4-2-3-5-16(12)25-11-14(10-17(25)26)19-23-24-20(28-19)22-18(27)13-6-8-15(21)9-7-13/h2-9,14H,10-11H2,1H3,(H,22,24,27)/t14-/m0/s1. The zero-order valence-corrected chi connectivity index (χ0v) is 16.6. The molecule has 1 aliphatic rings. The number of carbonyl (C=O) groups is 2. The van der Waals surface area contributed by atoms with Gasteiger partial charge < -0.3 is 4.90 Å². The second-order valence-electron chi connectivity index (χ2n) is 6.60. The van der Waals surface area contributed by atoms with Crippen molar-refractivity contribution in [2.45, 2.75) is 19.3 Å². The third-order valence-electron chi connectivity index (χ3n) is 4.65. The Bertz CT molecular complexity index is 1030. The van der Waals surface area contributed by atoms with Gasteiger partial charge in [-0.05, 0) is 42.8 Å². The Balaban J connectivity index is 1.46. The summed E-state index contributed by atoms with van der Waals surface area (Å²) in [5.41, 5.74) is 2.48. The number of aryl methyl sites for hydroxylation is 1. The predicted molar refractivity (Wildman–Crippen MR) is 110 cm³/mol. The third-order valence-corrected chi connectivity index (χ3v) is 5.90. The molecule has 1 aliphatic heterocycles. The number of anilines is 2. The van der Waals surface area contributed by atoms with E-state index in [0.29, 0.717) is 28.7 Å². The molecule has 28 heavy (non-hydrogen) atoms. The van der Waals surface area contributed by atoms with E-state index < -0.39 is 0 Å². The van der Waals surface area contributed by atoms with Gasteiger partial charge in [-0.25, -0.2) is 0 Å². The summed E-state index contributed by atoms with van der Waals surface area (Å²) in [6.07, 6.45) is 0.383. The van der Waals surface area contributed by atoms with E-state index in [4.69, 9.17) is 11.6 Å². The minimum atomic E-state index is -0.275. The fourth-order valence-corrected chi connectivity index (χ4v) is 4.15. The number of rotatable bonds is 4. The van der Waals surface area contributed by atoms with Crippen LogP contribution in [-0.2, 0) is 4.79 Å². The summed E-state index contributed by atoms with van der Waals surface area (Å²) < 4.78 is 0. The Labute approximate surface area is 171 Å². The average Bonchev–Trinajstić information content (AvgIpc) is 3.29. The Morgan fingerprint density at radius 3 is 2.68 bits per heavy atom. The Morgan fingerprint density at radius 2 is 1.93 bits per heavy atom. The van der Waals surface area contributed by atoms with Gasteiger partial charge in [0.05, 0.1) is 0 Å². The molecule has 142 valence electrons. The maximum Gasteiger partial charge on any atom is 0.257 e. The normalized spacial score (nSPS) is 16.4. The highest BCUT2D eigenvalue weighted by Crippen LogP contribution is 2.35. The number of hydrogen-bond donors (Lipinski definition) is 1. The minimum Gasteiger partial charge on any atom is -0.311 e. The van der Waals surface area contributed by atoms with E-state index in [-0.39, 0.29) is 17.7 Å². The highest BCUT2D eigenvalue weighted by atomic mass is 35.5. The Kier molecular flexibility index (Phi) is 5.11. The molecular formula is C20H17ClN4O2S. The topological polar surface area (TPSA) is 75.2 Å². The first-order valence-electron chi connectivity index (χ1n) is 8.77. The number of carbonyl (C=O) groups excluding carboxylic acids is 2. The van der Waals surface area contributed by atoms with Crippen molar-refractivity contribution in [2.75, 3.05) is 16.8 Å². The third kappa shape index (κ3) is 3.76. The van der Waals surface area contributed by atoms with Crippen molar-refractivity contribution in [1.82, 2.24) is 10.2 Å². The van der Waals surface area contributed by atoms with Gasteiger partial charge in [0.25, 0.3) is 5.91 Å². The number of benzene rings is 2. The van der Waals surface area contributed by atoms with E-state index in [1.165, 1.54) is 11.3 Å². The number of halogens is 1. The SMILES string of the molecule is Cc1ccccc1N1C[C@@H](c2nnc(NC(=O)c3ccc(Cl)cc3)s2)CC1=O. The summed E-state index contributed by atoms with van der Waals surface area (Å²) in [6, 6.07) is 14.4. The summed E-state index contributed by atoms with van der Waals surface area (Å²) >= 11 is 7.15. The quantitative estimate of drug-likeness (QED) is 0.694. The lowest BCUT2D eigenvalue weighted by molar-refractivity contribution is -0.117. The molecule has 0 radical (unpaired) electrons. The summed E-state index contributed by atoms with van der Waals surface area (Å²) in [5, 5.41) is 12.7. The zero-order chi connectivity index (χ0) is 19.7. The largest absolute Gasteiger partial charge is 0.311 e. The van der Waals surface area contributed by atoms with Crippen LogP contribution in [0.1, 0.15) is 33.3 Å². The fourth-order valence-electron chi connectivity index (χ4n) is 3.19. The van der Waals surface area contributed by atoms with Crippen LogP contribution in [0, 0.1) is 6.92 Å². The molecular weight excluding hydrogens is 396 g/mol. The van der Waals surface area contributed by atoms with E-state index in [9.17, 15) is 9.59 Å². The van der Waals surface area contributed by atoms with Crippen molar-refractivity contribution < 1.29 is 9.59 Å². The first-order valence-corrected chi connectivity index (χ1v) is 9.97. The van der Waals surface area contributed by atoms with Gasteiger partial charge in [0.1, 0.15) is 5.01 Å². The van der Waals surface area contributed by atoms with Crippen LogP contribution in [0.5, 0.6) is 0 Å². The van der Waals surface area contributed by atoms with E-state index in [0.717, 1.165) is 16.3 Å². The van der Waals surface area contributed by atoms with Gasteiger partial charge in [0.2, 0.25) is 11.0 Å². The van der Waals surface area contributed by atoms with Crippen LogP contribution < -0.4 is 10.2 Å². The van der Waals surface area contributed by atoms with Crippen LogP contribution in [0.4, 0.5) is 10.8 Å². The van der Waals surface area contributed by atoms with E-state index in [1.807, 2.05) is 31.2 Å². The van der Waals surface area contributed by atoms with Gasteiger partial charge in [0.15, 0.2) is 0 Å². The van der Waals surface area contributed by atoms with Crippen molar-refractivity contribution >= 4 is 45.6 Å². The van der Waals surface area contributed by atoms with E-state index in [1.54, 1.807) is 29.2 Å². The van der Waals surface area contributed by atoms with Crippen LogP contribution in [0.25, 0.3) is 0 Å². The smallest absolute Gasteiger partial charge is 0.257 e. The zero-order valence-electron chi connectivity index (χ0n) is 15.1. The van der Waals surface area contributed by atoms with Gasteiger partial charge >= 0.3 is 0 Å². The van der Waals surface area contributed by atoms with Gasteiger partial charge in [-0.2, -0.15) is 0 Å². The lowest BCUT2D eigenvalue weighted by Crippen LogP contribution is -2.25. The summed E-state index contributed by atoms with van der Waals surface area (Å²) in [4.78, 5) is 26.6. The molecule has 2 aromatic carbocycles. The second kappa shape index (κ2) is 7.69. The molecule has 1 atom stereocenters. The van der Waals surface area contributed by atoms with Crippen molar-refractivity contribution in [3.63, 3.8) is 0 Å². The molecule has 2 amide bonds. The molecule has 3 aromatic rings. The molecule has 8 heteroatoms. The first-order chi connectivity index (χ1) is 13.5. The van der Waals surface area contributed by atoms with Gasteiger partial charge in [-0.15, -0.1) is 10.2 Å². The Morgan fingerprint density at radius 1 is 1.18 bits per heavy atom. The van der Waals surface area contributed by atoms with Crippen molar-refractivity contribution in [3.8, 4) is 0 Å². The number of amides is 2. The van der Waals surface area contributed by atoms with E-state index >= 15 is 0 Å². The maximum atomic E-state index is 12.5. The van der Waals surface area contributed by atoms with Gasteiger partial charge in [-0.3, -0.25) is 14.9 Å². The lowest BCUT2D eigenvalue weighted by Gasteiger charge is -2.18. The van der Waals surface area contributed by atoms with E-state index in [2.05, 4.69) is 15.5 Å². The average molecular weight is 413 g/mol. The highest BCUT2D eigenvalue weighted by molar-refractivity contribution is 7.15. The number of aromatic nitrogens is 2. The molecule has 0 bridgehead atoms. The van der Waals surface area contributed by atoms with Gasteiger partial charge in [-0.1, -0.05) is 41.1 Å². The lowest BCUT2D eigenvalue weighted by atomic mass is 10.1. The molecule has 6 nitrogen and oxygen atoms in total. The number of hydrogen-bond acceptors (Lipinski definition) is 5. The molecule has 4 rings (SSSR count). The monoisotopic (exact) mass is 412 g/mol. The Hall–Kier alpha value is -2.77. The first kappa shape index (κ1) is 18.6.